The molecule has 28 heavy (non-hydrogen) atoms. The number of amides is 1. The van der Waals surface area contributed by atoms with Crippen molar-refractivity contribution in [1.29, 1.82) is 0 Å². The molecule has 0 radical (unpaired) electrons. The molecule has 1 amide bonds. The number of aryl methyl sites for hydroxylation is 1. The molecule has 0 bridgehead atoms. The first-order valence-corrected chi connectivity index (χ1v) is 10.5. The highest BCUT2D eigenvalue weighted by molar-refractivity contribution is 7.89. The van der Waals surface area contributed by atoms with Gasteiger partial charge in [-0.1, -0.05) is 23.7 Å². The minimum atomic E-state index is -3.69. The molecule has 2 aromatic carbocycles. The Morgan fingerprint density at radius 2 is 1.96 bits per heavy atom. The number of sulfonamides is 1. The van der Waals surface area contributed by atoms with Crippen LogP contribution in [-0.4, -0.2) is 44.9 Å². The Labute approximate surface area is 168 Å². The van der Waals surface area contributed by atoms with Crippen LogP contribution in [-0.2, 0) is 26.0 Å². The number of ether oxygens (including phenoxy) is 1. The molecule has 6 nitrogen and oxygen atoms in total. The van der Waals surface area contributed by atoms with Crippen LogP contribution in [0.15, 0.2) is 41.3 Å². The maximum Gasteiger partial charge on any atom is 0.243 e. The van der Waals surface area contributed by atoms with E-state index < -0.39 is 21.7 Å². The van der Waals surface area contributed by atoms with Crippen molar-refractivity contribution in [2.24, 2.45) is 0 Å². The maximum atomic E-state index is 13.9. The molecule has 1 aliphatic heterocycles. The van der Waals surface area contributed by atoms with Crippen molar-refractivity contribution in [3.05, 3.63) is 58.4 Å². The third-order valence-corrected chi connectivity index (χ3v) is 6.74. The van der Waals surface area contributed by atoms with Crippen molar-refractivity contribution < 1.29 is 22.3 Å². The average molecular weight is 427 g/mol. The predicted octanol–water partition coefficient (Wildman–Crippen LogP) is 2.99. The second kappa shape index (κ2) is 8.57. The fourth-order valence-corrected chi connectivity index (χ4v) is 4.55. The third-order valence-electron chi connectivity index (χ3n) is 4.49. The number of carbonyl (C=O) groups excluding carboxylic acids is 1. The highest BCUT2D eigenvalue weighted by Gasteiger charge is 2.27. The molecular formula is C19H20ClFN2O4S. The highest BCUT2D eigenvalue weighted by Crippen LogP contribution is 2.25. The van der Waals surface area contributed by atoms with Crippen LogP contribution >= 0.6 is 11.6 Å². The van der Waals surface area contributed by atoms with Gasteiger partial charge in [-0.2, -0.15) is 4.31 Å². The van der Waals surface area contributed by atoms with Crippen molar-refractivity contribution in [3.63, 3.8) is 0 Å². The number of nitrogens with one attached hydrogen (secondary N) is 1. The molecule has 0 unspecified atom stereocenters. The van der Waals surface area contributed by atoms with Crippen LogP contribution in [0, 0.1) is 12.7 Å². The topological polar surface area (TPSA) is 75.7 Å². The quantitative estimate of drug-likeness (QED) is 0.797. The standard InChI is InChI=1S/C19H20ClFN2O4S/c1-13-5-6-14(28(25,26)23-7-9-27-10-8-23)11-18(13)22-19(24)12-15-16(20)3-2-4-17(15)21/h2-6,11H,7-10,12H2,1H3,(H,22,24). The Bertz CT molecular complexity index is 971. The van der Waals surface area contributed by atoms with E-state index in [2.05, 4.69) is 5.32 Å². The zero-order chi connectivity index (χ0) is 20.3. The number of benzene rings is 2. The van der Waals surface area contributed by atoms with Crippen molar-refractivity contribution >= 4 is 33.2 Å². The summed E-state index contributed by atoms with van der Waals surface area (Å²) in [4.78, 5) is 12.5. The molecule has 0 spiro atoms. The van der Waals surface area contributed by atoms with E-state index in [1.54, 1.807) is 13.0 Å². The Balaban J connectivity index is 1.81. The van der Waals surface area contributed by atoms with Gasteiger partial charge in [0, 0.05) is 29.4 Å². The monoisotopic (exact) mass is 426 g/mol. The lowest BCUT2D eigenvalue weighted by Crippen LogP contribution is -2.40. The van der Waals surface area contributed by atoms with E-state index in [0.717, 1.165) is 0 Å². The summed E-state index contributed by atoms with van der Waals surface area (Å²) in [5, 5.41) is 2.82. The molecule has 0 atom stereocenters. The van der Waals surface area contributed by atoms with Gasteiger partial charge in [-0.25, -0.2) is 12.8 Å². The molecule has 2 aromatic rings. The summed E-state index contributed by atoms with van der Waals surface area (Å²) in [6.07, 6.45) is -0.259. The molecular weight excluding hydrogens is 407 g/mol. The normalized spacial score (nSPS) is 15.4. The first kappa shape index (κ1) is 20.7. The first-order valence-electron chi connectivity index (χ1n) is 8.70. The minimum absolute atomic E-state index is 0.0826. The van der Waals surface area contributed by atoms with Gasteiger partial charge >= 0.3 is 0 Å². The molecule has 3 rings (SSSR count). The number of hydrogen-bond donors (Lipinski definition) is 1. The number of rotatable bonds is 5. The van der Waals surface area contributed by atoms with E-state index in [1.165, 1.54) is 34.6 Å². The van der Waals surface area contributed by atoms with Gasteiger partial charge < -0.3 is 10.1 Å². The summed E-state index contributed by atoms with van der Waals surface area (Å²) in [6.45, 7) is 3.00. The number of carbonyl (C=O) groups is 1. The summed E-state index contributed by atoms with van der Waals surface area (Å²) in [7, 11) is -3.69. The molecule has 150 valence electrons. The highest BCUT2D eigenvalue weighted by atomic mass is 35.5. The van der Waals surface area contributed by atoms with Gasteiger partial charge in [0.1, 0.15) is 5.82 Å². The molecule has 1 fully saturated rings. The summed E-state index contributed by atoms with van der Waals surface area (Å²) in [5.74, 6) is -1.06. The van der Waals surface area contributed by atoms with E-state index >= 15 is 0 Å². The molecule has 1 N–H and O–H groups in total. The molecule has 1 aliphatic rings. The lowest BCUT2D eigenvalue weighted by atomic mass is 10.1. The number of anilines is 1. The predicted molar refractivity (Wildman–Crippen MR) is 105 cm³/mol. The van der Waals surface area contributed by atoms with E-state index in [9.17, 15) is 17.6 Å². The van der Waals surface area contributed by atoms with Gasteiger partial charge in [-0.3, -0.25) is 4.79 Å². The zero-order valence-electron chi connectivity index (χ0n) is 15.2. The van der Waals surface area contributed by atoms with Crippen LogP contribution < -0.4 is 5.32 Å². The van der Waals surface area contributed by atoms with Gasteiger partial charge in [-0.15, -0.1) is 0 Å². The first-order chi connectivity index (χ1) is 13.3. The second-order valence-corrected chi connectivity index (χ2v) is 8.76. The molecule has 1 saturated heterocycles. The van der Waals surface area contributed by atoms with Crippen LogP contribution in [0.4, 0.5) is 10.1 Å². The second-order valence-electron chi connectivity index (χ2n) is 6.42. The van der Waals surface area contributed by atoms with E-state index in [1.807, 2.05) is 0 Å². The Morgan fingerprint density at radius 3 is 2.64 bits per heavy atom. The van der Waals surface area contributed by atoms with Crippen LogP contribution in [0.2, 0.25) is 5.02 Å². The Hall–Kier alpha value is -2.00. The van der Waals surface area contributed by atoms with Gasteiger partial charge in [0.25, 0.3) is 0 Å². The molecule has 0 aliphatic carbocycles. The lowest BCUT2D eigenvalue weighted by molar-refractivity contribution is -0.115. The molecule has 9 heteroatoms. The van der Waals surface area contributed by atoms with Crippen LogP contribution in [0.1, 0.15) is 11.1 Å². The van der Waals surface area contributed by atoms with E-state index in [4.69, 9.17) is 16.3 Å². The molecule has 1 heterocycles. The van der Waals surface area contributed by atoms with Gasteiger partial charge in [0.2, 0.25) is 15.9 Å². The van der Waals surface area contributed by atoms with Crippen molar-refractivity contribution in [3.8, 4) is 0 Å². The summed E-state index contributed by atoms with van der Waals surface area (Å²) >= 11 is 5.96. The van der Waals surface area contributed by atoms with Crippen molar-refractivity contribution in [2.75, 3.05) is 31.6 Å². The molecule has 0 saturated carbocycles. The van der Waals surface area contributed by atoms with Crippen molar-refractivity contribution in [1.82, 2.24) is 4.31 Å². The van der Waals surface area contributed by atoms with E-state index in [-0.39, 0.29) is 35.0 Å². The smallest absolute Gasteiger partial charge is 0.243 e. The summed E-state index contributed by atoms with van der Waals surface area (Å²) in [5.41, 5.74) is 1.14. The summed E-state index contributed by atoms with van der Waals surface area (Å²) < 4.78 is 46.1. The number of hydrogen-bond acceptors (Lipinski definition) is 4. The summed E-state index contributed by atoms with van der Waals surface area (Å²) in [6, 6.07) is 8.75. The average Bonchev–Trinajstić information content (AvgIpc) is 2.67. The minimum Gasteiger partial charge on any atom is -0.379 e. The number of halogens is 2. The van der Waals surface area contributed by atoms with Gasteiger partial charge in [0.15, 0.2) is 0 Å². The number of morpholine rings is 1. The third kappa shape index (κ3) is 4.52. The van der Waals surface area contributed by atoms with Gasteiger partial charge in [-0.05, 0) is 36.8 Å². The fraction of sp³-hybridized carbons (Fsp3) is 0.316. The van der Waals surface area contributed by atoms with Gasteiger partial charge in [0.05, 0.1) is 24.5 Å². The van der Waals surface area contributed by atoms with Crippen LogP contribution in [0.25, 0.3) is 0 Å². The van der Waals surface area contributed by atoms with Crippen molar-refractivity contribution in [2.45, 2.75) is 18.2 Å². The largest absolute Gasteiger partial charge is 0.379 e. The van der Waals surface area contributed by atoms with Crippen LogP contribution in [0.5, 0.6) is 0 Å². The molecule has 0 aromatic heterocycles. The Kier molecular flexibility index (Phi) is 6.34. The Morgan fingerprint density at radius 1 is 1.25 bits per heavy atom. The fourth-order valence-electron chi connectivity index (χ4n) is 2.89. The lowest BCUT2D eigenvalue weighted by Gasteiger charge is -2.26. The maximum absolute atomic E-state index is 13.9. The number of nitrogens with zero attached hydrogens (tertiary/aromatic N) is 1. The SMILES string of the molecule is Cc1ccc(S(=O)(=O)N2CCOCC2)cc1NC(=O)Cc1c(F)cccc1Cl. The van der Waals surface area contributed by atoms with Crippen LogP contribution in [0.3, 0.4) is 0 Å². The zero-order valence-corrected chi connectivity index (χ0v) is 16.8. The van der Waals surface area contributed by atoms with E-state index in [0.29, 0.717) is 24.5 Å².